The number of carbonyl (C=O) groups is 2. The second kappa shape index (κ2) is 9.03. The first-order valence-corrected chi connectivity index (χ1v) is 9.14. The van der Waals surface area contributed by atoms with Crippen LogP contribution in [0.3, 0.4) is 0 Å². The van der Waals surface area contributed by atoms with E-state index in [4.69, 9.17) is 4.74 Å². The molecule has 0 aromatic heterocycles. The fourth-order valence-corrected chi connectivity index (χ4v) is 3.07. The maximum atomic E-state index is 12.6. The molecule has 0 aliphatic carbocycles. The lowest BCUT2D eigenvalue weighted by molar-refractivity contribution is -0.136. The molecule has 1 aliphatic heterocycles. The van der Waals surface area contributed by atoms with Crippen LogP contribution in [0.4, 0.5) is 0 Å². The summed E-state index contributed by atoms with van der Waals surface area (Å²) in [5.74, 6) is 0.241. The summed E-state index contributed by atoms with van der Waals surface area (Å²) in [7, 11) is 0. The van der Waals surface area contributed by atoms with Gasteiger partial charge < -0.3 is 15.0 Å². The Hall–Kier alpha value is -3.08. The zero-order valence-electron chi connectivity index (χ0n) is 15.4. The van der Waals surface area contributed by atoms with E-state index in [-0.39, 0.29) is 18.4 Å². The quantitative estimate of drug-likeness (QED) is 0.857. The van der Waals surface area contributed by atoms with Crippen molar-refractivity contribution in [2.75, 3.05) is 19.7 Å². The van der Waals surface area contributed by atoms with Gasteiger partial charge in [-0.2, -0.15) is 0 Å². The Morgan fingerprint density at radius 3 is 2.37 bits per heavy atom. The minimum absolute atomic E-state index is 0.0774. The maximum Gasteiger partial charge on any atom is 0.258 e. The molecule has 2 aromatic carbocycles. The Kier molecular flexibility index (Phi) is 6.26. The summed E-state index contributed by atoms with van der Waals surface area (Å²) in [5.41, 5.74) is 2.46. The van der Waals surface area contributed by atoms with Gasteiger partial charge in [-0.1, -0.05) is 54.6 Å². The third kappa shape index (κ3) is 5.20. The van der Waals surface area contributed by atoms with E-state index in [2.05, 4.69) is 23.5 Å². The van der Waals surface area contributed by atoms with Crippen LogP contribution in [0.5, 0.6) is 5.75 Å². The number of nitrogens with one attached hydrogen (secondary N) is 1. The molecule has 27 heavy (non-hydrogen) atoms. The van der Waals surface area contributed by atoms with Crippen molar-refractivity contribution in [1.82, 2.24) is 10.2 Å². The van der Waals surface area contributed by atoms with Gasteiger partial charge in [0, 0.05) is 13.1 Å². The Bertz CT molecular complexity index is 803. The largest absolute Gasteiger partial charge is 0.484 e. The van der Waals surface area contributed by atoms with Crippen LogP contribution in [-0.4, -0.2) is 42.5 Å². The molecule has 0 fully saturated rings. The number of benzene rings is 2. The first-order chi connectivity index (χ1) is 13.1. The number of amides is 2. The minimum Gasteiger partial charge on any atom is -0.484 e. The third-order valence-corrected chi connectivity index (χ3v) is 4.53. The van der Waals surface area contributed by atoms with Crippen molar-refractivity contribution < 1.29 is 14.3 Å². The molecule has 1 atom stereocenters. The molecule has 0 radical (unpaired) electrons. The Balaban J connectivity index is 1.47. The second-order valence-electron chi connectivity index (χ2n) is 6.52. The molecule has 1 unspecified atom stereocenters. The van der Waals surface area contributed by atoms with Gasteiger partial charge in [-0.15, -0.1) is 0 Å². The van der Waals surface area contributed by atoms with Crippen LogP contribution in [0.15, 0.2) is 66.7 Å². The predicted molar refractivity (Wildman–Crippen MR) is 105 cm³/mol. The summed E-state index contributed by atoms with van der Waals surface area (Å²) in [5, 5.41) is 2.71. The van der Waals surface area contributed by atoms with E-state index < -0.39 is 6.04 Å². The van der Waals surface area contributed by atoms with Gasteiger partial charge >= 0.3 is 0 Å². The zero-order chi connectivity index (χ0) is 19.1. The van der Waals surface area contributed by atoms with E-state index in [1.165, 1.54) is 11.1 Å². The molecule has 3 rings (SSSR count). The van der Waals surface area contributed by atoms with E-state index in [0.29, 0.717) is 18.8 Å². The van der Waals surface area contributed by atoms with Crippen molar-refractivity contribution >= 4 is 17.4 Å². The standard InChI is InChI=1S/C22H24N2O3/c1-17(23-21(25)16-27-20-10-6-3-7-11-20)22(26)24-14-12-19(13-15-24)18-8-4-2-5-9-18/h2-12,17H,13-16H2,1H3,(H,23,25). The molecule has 0 saturated heterocycles. The SMILES string of the molecule is CC(NC(=O)COc1ccccc1)C(=O)N1CC=C(c2ccccc2)CC1. The molecule has 2 aromatic rings. The molecule has 0 spiro atoms. The highest BCUT2D eigenvalue weighted by Gasteiger charge is 2.24. The van der Waals surface area contributed by atoms with Crippen LogP contribution in [0, 0.1) is 0 Å². The van der Waals surface area contributed by atoms with Crippen molar-refractivity contribution in [3.8, 4) is 5.75 Å². The smallest absolute Gasteiger partial charge is 0.258 e. The first-order valence-electron chi connectivity index (χ1n) is 9.14. The number of rotatable bonds is 6. The van der Waals surface area contributed by atoms with Crippen LogP contribution < -0.4 is 10.1 Å². The molecule has 5 nitrogen and oxygen atoms in total. The Morgan fingerprint density at radius 1 is 1.07 bits per heavy atom. The van der Waals surface area contributed by atoms with Crippen molar-refractivity contribution in [3.63, 3.8) is 0 Å². The topological polar surface area (TPSA) is 58.6 Å². The number of nitrogens with zero attached hydrogens (tertiary/aromatic N) is 1. The van der Waals surface area contributed by atoms with Crippen molar-refractivity contribution in [2.45, 2.75) is 19.4 Å². The van der Waals surface area contributed by atoms with Crippen LogP contribution in [0.1, 0.15) is 18.9 Å². The fraction of sp³-hybridized carbons (Fsp3) is 0.273. The lowest BCUT2D eigenvalue weighted by Crippen LogP contribution is -2.49. The molecule has 5 heteroatoms. The van der Waals surface area contributed by atoms with Gasteiger partial charge in [0.25, 0.3) is 5.91 Å². The molecule has 140 valence electrons. The monoisotopic (exact) mass is 364 g/mol. The van der Waals surface area contributed by atoms with E-state index in [0.717, 1.165) is 6.42 Å². The van der Waals surface area contributed by atoms with Crippen molar-refractivity contribution in [2.24, 2.45) is 0 Å². The second-order valence-corrected chi connectivity index (χ2v) is 6.52. The van der Waals surface area contributed by atoms with Crippen LogP contribution in [-0.2, 0) is 9.59 Å². The molecule has 1 N–H and O–H groups in total. The van der Waals surface area contributed by atoms with Crippen LogP contribution >= 0.6 is 0 Å². The Morgan fingerprint density at radius 2 is 1.74 bits per heavy atom. The van der Waals surface area contributed by atoms with Gasteiger partial charge in [-0.3, -0.25) is 9.59 Å². The number of para-hydroxylation sites is 1. The average molecular weight is 364 g/mol. The highest BCUT2D eigenvalue weighted by atomic mass is 16.5. The molecule has 1 aliphatic rings. The molecule has 1 heterocycles. The average Bonchev–Trinajstić information content (AvgIpc) is 2.73. The van der Waals surface area contributed by atoms with Crippen molar-refractivity contribution in [3.05, 3.63) is 72.3 Å². The molecule has 0 saturated carbocycles. The van der Waals surface area contributed by atoms with E-state index in [1.54, 1.807) is 24.0 Å². The van der Waals surface area contributed by atoms with Gasteiger partial charge in [0.05, 0.1) is 0 Å². The summed E-state index contributed by atoms with van der Waals surface area (Å²) in [6, 6.07) is 18.7. The van der Waals surface area contributed by atoms with Crippen molar-refractivity contribution in [1.29, 1.82) is 0 Å². The zero-order valence-corrected chi connectivity index (χ0v) is 15.4. The van der Waals surface area contributed by atoms with E-state index in [1.807, 2.05) is 36.4 Å². The van der Waals surface area contributed by atoms with Gasteiger partial charge in [0.15, 0.2) is 6.61 Å². The number of ether oxygens (including phenoxy) is 1. The van der Waals surface area contributed by atoms with Crippen LogP contribution in [0.25, 0.3) is 5.57 Å². The molecule has 0 bridgehead atoms. The number of hydrogen-bond acceptors (Lipinski definition) is 3. The summed E-state index contributed by atoms with van der Waals surface area (Å²) >= 11 is 0. The third-order valence-electron chi connectivity index (χ3n) is 4.53. The lowest BCUT2D eigenvalue weighted by Gasteiger charge is -2.29. The Labute approximate surface area is 159 Å². The summed E-state index contributed by atoms with van der Waals surface area (Å²) in [4.78, 5) is 26.4. The molecule has 2 amide bonds. The fourth-order valence-electron chi connectivity index (χ4n) is 3.07. The number of carbonyl (C=O) groups excluding carboxylic acids is 2. The van der Waals surface area contributed by atoms with E-state index >= 15 is 0 Å². The highest BCUT2D eigenvalue weighted by molar-refractivity contribution is 5.88. The summed E-state index contributed by atoms with van der Waals surface area (Å²) < 4.78 is 5.41. The summed E-state index contributed by atoms with van der Waals surface area (Å²) in [6.45, 7) is 2.81. The first kappa shape index (κ1) is 18.7. The molecular weight excluding hydrogens is 340 g/mol. The normalized spacial score (nSPS) is 14.9. The maximum absolute atomic E-state index is 12.6. The minimum atomic E-state index is -0.580. The van der Waals surface area contributed by atoms with Gasteiger partial charge in [-0.25, -0.2) is 0 Å². The van der Waals surface area contributed by atoms with Gasteiger partial charge in [0.1, 0.15) is 11.8 Å². The number of hydrogen-bond donors (Lipinski definition) is 1. The van der Waals surface area contributed by atoms with E-state index in [9.17, 15) is 9.59 Å². The highest BCUT2D eigenvalue weighted by Crippen LogP contribution is 2.22. The molecular formula is C22H24N2O3. The van der Waals surface area contributed by atoms with Crippen LogP contribution in [0.2, 0.25) is 0 Å². The summed E-state index contributed by atoms with van der Waals surface area (Å²) in [6.07, 6.45) is 2.90. The lowest BCUT2D eigenvalue weighted by atomic mass is 9.99. The predicted octanol–water partition coefficient (Wildman–Crippen LogP) is 2.89. The van der Waals surface area contributed by atoms with Gasteiger partial charge in [0.2, 0.25) is 5.91 Å². The van der Waals surface area contributed by atoms with Gasteiger partial charge in [-0.05, 0) is 36.6 Å².